The van der Waals surface area contributed by atoms with Gasteiger partial charge in [0.15, 0.2) is 0 Å². The molecule has 0 saturated heterocycles. The average Bonchev–Trinajstić information content (AvgIpc) is 2.67. The summed E-state index contributed by atoms with van der Waals surface area (Å²) in [5.74, 6) is 0. The summed E-state index contributed by atoms with van der Waals surface area (Å²) < 4.78 is 5.38. The number of hydrogen-bond acceptors (Lipinski definition) is 4. The third kappa shape index (κ3) is 4.31. The Morgan fingerprint density at radius 1 is 1.50 bits per heavy atom. The number of carbonyl (C=O) groups is 1. The Hall–Kier alpha value is -1.07. The van der Waals surface area contributed by atoms with Crippen molar-refractivity contribution in [2.75, 3.05) is 20.3 Å². The Bertz CT molecular complexity index is 319. The quantitative estimate of drug-likeness (QED) is 0.441. The van der Waals surface area contributed by atoms with Gasteiger partial charge in [0.05, 0.1) is 13.2 Å². The molecule has 1 atom stereocenters. The number of amides is 1. The molecule has 0 radical (unpaired) electrons. The summed E-state index contributed by atoms with van der Waals surface area (Å²) in [6.07, 6.45) is 2.65. The van der Waals surface area contributed by atoms with Gasteiger partial charge in [-0.05, 0) is 27.2 Å². The van der Waals surface area contributed by atoms with E-state index < -0.39 is 5.60 Å². The van der Waals surface area contributed by atoms with Crippen LogP contribution < -0.4 is 0 Å². The van der Waals surface area contributed by atoms with Crippen LogP contribution in [-0.2, 0) is 14.5 Å². The molecule has 0 aromatic heterocycles. The van der Waals surface area contributed by atoms with Gasteiger partial charge in [-0.15, -0.1) is 0 Å². The highest BCUT2D eigenvalue weighted by molar-refractivity contribution is 5.70. The molecule has 0 N–H and O–H groups in total. The molecule has 1 heterocycles. The topological polar surface area (TPSA) is 48.0 Å². The summed E-state index contributed by atoms with van der Waals surface area (Å²) in [5.41, 5.74) is 0.726. The highest BCUT2D eigenvalue weighted by Crippen LogP contribution is 2.22. The van der Waals surface area contributed by atoms with Crippen LogP contribution in [0.5, 0.6) is 0 Å². The van der Waals surface area contributed by atoms with Gasteiger partial charge in [0.2, 0.25) is 0 Å². The van der Waals surface area contributed by atoms with Crippen LogP contribution in [0.2, 0.25) is 0 Å². The van der Waals surface area contributed by atoms with E-state index in [0.29, 0.717) is 13.2 Å². The van der Waals surface area contributed by atoms with Crippen molar-refractivity contribution in [1.82, 2.24) is 4.90 Å². The zero-order valence-corrected chi connectivity index (χ0v) is 11.9. The first-order chi connectivity index (χ1) is 8.37. The van der Waals surface area contributed by atoms with Crippen molar-refractivity contribution in [2.45, 2.75) is 45.8 Å². The molecule has 18 heavy (non-hydrogen) atoms. The molecule has 104 valence electrons. The molecule has 1 rings (SSSR count). The number of ether oxygens (including phenoxy) is 1. The van der Waals surface area contributed by atoms with E-state index in [-0.39, 0.29) is 12.1 Å². The van der Waals surface area contributed by atoms with Crippen LogP contribution in [0.25, 0.3) is 0 Å². The first kappa shape index (κ1) is 15.0. The van der Waals surface area contributed by atoms with Crippen molar-refractivity contribution in [3.63, 3.8) is 0 Å². The third-order valence-electron chi connectivity index (χ3n) is 2.64. The second-order valence-electron chi connectivity index (χ2n) is 5.31. The Balaban J connectivity index is 2.65. The second kappa shape index (κ2) is 6.20. The third-order valence-corrected chi connectivity index (χ3v) is 2.64. The van der Waals surface area contributed by atoms with Crippen LogP contribution in [-0.4, -0.2) is 42.9 Å². The number of hydrogen-bond donors (Lipinski definition) is 0. The van der Waals surface area contributed by atoms with E-state index in [2.05, 4.69) is 11.8 Å². The van der Waals surface area contributed by atoms with Crippen LogP contribution in [0.1, 0.15) is 34.1 Å². The van der Waals surface area contributed by atoms with Gasteiger partial charge in [-0.1, -0.05) is 18.6 Å². The summed E-state index contributed by atoms with van der Waals surface area (Å²) in [6, 6.07) is -0.116. The standard InChI is InChI=1S/C13H23NO4/c1-6-10-7-11(9-17-16-5)14(8-10)12(15)18-13(2,3)4/h7,11H,6,8-9H2,1-5H3/t11-/m0/s1. The first-order valence-electron chi connectivity index (χ1n) is 6.22. The molecule has 1 aliphatic heterocycles. The zero-order valence-electron chi connectivity index (χ0n) is 11.9. The molecular weight excluding hydrogens is 234 g/mol. The van der Waals surface area contributed by atoms with Crippen molar-refractivity contribution in [1.29, 1.82) is 0 Å². The lowest BCUT2D eigenvalue weighted by Gasteiger charge is -2.28. The Morgan fingerprint density at radius 3 is 2.67 bits per heavy atom. The first-order valence-corrected chi connectivity index (χ1v) is 6.22. The fourth-order valence-electron chi connectivity index (χ4n) is 1.78. The van der Waals surface area contributed by atoms with Crippen LogP contribution >= 0.6 is 0 Å². The van der Waals surface area contributed by atoms with Crippen LogP contribution in [0, 0.1) is 0 Å². The van der Waals surface area contributed by atoms with E-state index in [1.807, 2.05) is 26.8 Å². The maximum Gasteiger partial charge on any atom is 0.411 e. The Kier molecular flexibility index (Phi) is 5.16. The number of nitrogens with zero attached hydrogens (tertiary/aromatic N) is 1. The van der Waals surface area contributed by atoms with Gasteiger partial charge in [-0.25, -0.2) is 14.6 Å². The highest BCUT2D eigenvalue weighted by atomic mass is 17.2. The molecule has 0 unspecified atom stereocenters. The Morgan fingerprint density at radius 2 is 2.17 bits per heavy atom. The molecule has 0 bridgehead atoms. The molecule has 1 aliphatic rings. The van der Waals surface area contributed by atoms with Gasteiger partial charge in [-0.2, -0.15) is 0 Å². The highest BCUT2D eigenvalue weighted by Gasteiger charge is 2.32. The molecule has 1 amide bonds. The minimum atomic E-state index is -0.487. The lowest BCUT2D eigenvalue weighted by molar-refractivity contribution is -0.276. The number of carbonyl (C=O) groups excluding carboxylic acids is 1. The summed E-state index contributed by atoms with van der Waals surface area (Å²) >= 11 is 0. The minimum Gasteiger partial charge on any atom is -0.444 e. The van der Waals surface area contributed by atoms with Gasteiger partial charge in [0.1, 0.15) is 12.2 Å². The number of rotatable bonds is 4. The fraction of sp³-hybridized carbons (Fsp3) is 0.769. The monoisotopic (exact) mass is 257 g/mol. The van der Waals surface area contributed by atoms with E-state index in [4.69, 9.17) is 9.62 Å². The largest absolute Gasteiger partial charge is 0.444 e. The van der Waals surface area contributed by atoms with Gasteiger partial charge in [0, 0.05) is 6.54 Å². The van der Waals surface area contributed by atoms with Crippen LogP contribution in [0.15, 0.2) is 11.6 Å². The average molecular weight is 257 g/mol. The molecule has 0 aliphatic carbocycles. The van der Waals surface area contributed by atoms with Crippen molar-refractivity contribution in [3.05, 3.63) is 11.6 Å². The van der Waals surface area contributed by atoms with Crippen LogP contribution in [0.4, 0.5) is 4.79 Å². The summed E-state index contributed by atoms with van der Waals surface area (Å²) in [6.45, 7) is 8.56. The van der Waals surface area contributed by atoms with E-state index in [1.54, 1.807) is 4.90 Å². The van der Waals surface area contributed by atoms with Gasteiger partial charge >= 0.3 is 6.09 Å². The summed E-state index contributed by atoms with van der Waals surface area (Å²) in [5, 5.41) is 0. The normalized spacial score (nSPS) is 19.9. The molecule has 5 heteroatoms. The van der Waals surface area contributed by atoms with E-state index in [9.17, 15) is 4.79 Å². The summed E-state index contributed by atoms with van der Waals surface area (Å²) in [4.78, 5) is 23.3. The van der Waals surface area contributed by atoms with E-state index in [1.165, 1.54) is 12.7 Å². The lowest BCUT2D eigenvalue weighted by Crippen LogP contribution is -2.42. The zero-order chi connectivity index (χ0) is 13.8. The maximum absolute atomic E-state index is 12.1. The van der Waals surface area contributed by atoms with Crippen molar-refractivity contribution < 1.29 is 19.3 Å². The molecule has 0 fully saturated rings. The maximum atomic E-state index is 12.1. The second-order valence-corrected chi connectivity index (χ2v) is 5.31. The van der Waals surface area contributed by atoms with Crippen molar-refractivity contribution >= 4 is 6.09 Å². The van der Waals surface area contributed by atoms with E-state index >= 15 is 0 Å². The van der Waals surface area contributed by atoms with Crippen LogP contribution in [0.3, 0.4) is 0 Å². The lowest BCUT2D eigenvalue weighted by atomic mass is 10.2. The predicted octanol–water partition coefficient (Wildman–Crippen LogP) is 2.52. The molecule has 0 saturated carbocycles. The Labute approximate surface area is 109 Å². The molecule has 0 spiro atoms. The van der Waals surface area contributed by atoms with Gasteiger partial charge < -0.3 is 4.74 Å². The minimum absolute atomic E-state index is 0.116. The van der Waals surface area contributed by atoms with Crippen molar-refractivity contribution in [3.8, 4) is 0 Å². The molecule has 0 aromatic carbocycles. The molecule has 5 nitrogen and oxygen atoms in total. The molecule has 0 aromatic rings. The predicted molar refractivity (Wildman–Crippen MR) is 68.1 cm³/mol. The molecular formula is C13H23NO4. The van der Waals surface area contributed by atoms with E-state index in [0.717, 1.165) is 6.42 Å². The SMILES string of the molecule is CCC1=C[C@@H](COOC)N(C(=O)OC(C)(C)C)C1. The summed E-state index contributed by atoms with van der Waals surface area (Å²) in [7, 11) is 1.46. The van der Waals surface area contributed by atoms with Gasteiger partial charge in [0.25, 0.3) is 0 Å². The van der Waals surface area contributed by atoms with Gasteiger partial charge in [-0.3, -0.25) is 4.90 Å². The smallest absolute Gasteiger partial charge is 0.411 e. The fourth-order valence-corrected chi connectivity index (χ4v) is 1.78. The van der Waals surface area contributed by atoms with Crippen molar-refractivity contribution in [2.24, 2.45) is 0 Å².